The van der Waals surface area contributed by atoms with Gasteiger partial charge in [-0.2, -0.15) is 0 Å². The summed E-state index contributed by atoms with van der Waals surface area (Å²) < 4.78 is 22.5. The molecular formula is C18H19N3O4S. The predicted molar refractivity (Wildman–Crippen MR) is 98.2 cm³/mol. The molecule has 1 aromatic heterocycles. The Bertz CT molecular complexity index is 1030. The van der Waals surface area contributed by atoms with Crippen LogP contribution in [0.5, 0.6) is 0 Å². The zero-order valence-electron chi connectivity index (χ0n) is 13.8. The highest BCUT2D eigenvalue weighted by atomic mass is 32.2. The highest BCUT2D eigenvalue weighted by Gasteiger charge is 2.22. The van der Waals surface area contributed by atoms with Crippen molar-refractivity contribution in [1.82, 2.24) is 10.3 Å². The molecular weight excluding hydrogens is 354 g/mol. The van der Waals surface area contributed by atoms with Gasteiger partial charge in [0.2, 0.25) is 10.0 Å². The van der Waals surface area contributed by atoms with Gasteiger partial charge in [-0.1, -0.05) is 30.3 Å². The number of sulfonamides is 1. The third-order valence-electron chi connectivity index (χ3n) is 4.19. The first-order chi connectivity index (χ1) is 12.4. The third kappa shape index (κ3) is 3.93. The minimum absolute atomic E-state index is 0.0522. The van der Waals surface area contributed by atoms with Crippen molar-refractivity contribution in [2.75, 3.05) is 6.54 Å². The molecule has 8 heteroatoms. The number of aromatic amines is 1. The maximum absolute atomic E-state index is 11.7. The first kappa shape index (κ1) is 18.1. The summed E-state index contributed by atoms with van der Waals surface area (Å²) in [7, 11) is -3.71. The van der Waals surface area contributed by atoms with Crippen LogP contribution in [0.2, 0.25) is 0 Å². The maximum atomic E-state index is 11.7. The number of carbonyl (C=O) groups is 1. The Hall–Kier alpha value is -2.68. The smallest absolute Gasteiger partial charge is 0.325 e. The summed E-state index contributed by atoms with van der Waals surface area (Å²) in [6.07, 6.45) is 2.26. The Labute approximate surface area is 150 Å². The van der Waals surface area contributed by atoms with E-state index in [0.717, 1.165) is 16.5 Å². The molecule has 0 amide bonds. The van der Waals surface area contributed by atoms with E-state index >= 15 is 0 Å². The monoisotopic (exact) mass is 373 g/mol. The molecule has 7 nitrogen and oxygen atoms in total. The SMILES string of the molecule is NS(=O)(=O)c1ccc(CCNC(C(=O)O)c2c[nH]c3ccccc23)cc1. The van der Waals surface area contributed by atoms with Crippen LogP contribution >= 0.6 is 0 Å². The fourth-order valence-corrected chi connectivity index (χ4v) is 3.39. The van der Waals surface area contributed by atoms with E-state index in [1.54, 1.807) is 18.3 Å². The lowest BCUT2D eigenvalue weighted by Gasteiger charge is -2.14. The molecule has 0 aliphatic rings. The molecule has 26 heavy (non-hydrogen) atoms. The van der Waals surface area contributed by atoms with Crippen molar-refractivity contribution in [3.63, 3.8) is 0 Å². The van der Waals surface area contributed by atoms with E-state index in [1.807, 2.05) is 24.3 Å². The number of nitrogens with one attached hydrogen (secondary N) is 2. The second-order valence-corrected chi connectivity index (χ2v) is 7.52. The number of para-hydroxylation sites is 1. The van der Waals surface area contributed by atoms with Crippen LogP contribution in [0.15, 0.2) is 59.6 Å². The largest absolute Gasteiger partial charge is 0.480 e. The number of primary sulfonamides is 1. The van der Waals surface area contributed by atoms with Gasteiger partial charge in [-0.15, -0.1) is 0 Å². The van der Waals surface area contributed by atoms with Crippen LogP contribution in [0.25, 0.3) is 10.9 Å². The van der Waals surface area contributed by atoms with Crippen LogP contribution in [0.3, 0.4) is 0 Å². The molecule has 0 radical (unpaired) electrons. The Kier molecular flexibility index (Phi) is 5.08. The van der Waals surface area contributed by atoms with Gasteiger partial charge in [-0.25, -0.2) is 13.6 Å². The Morgan fingerprint density at radius 3 is 2.50 bits per heavy atom. The van der Waals surface area contributed by atoms with Gasteiger partial charge in [0.05, 0.1) is 4.90 Å². The highest BCUT2D eigenvalue weighted by molar-refractivity contribution is 7.89. The average Bonchev–Trinajstić information content (AvgIpc) is 3.02. The molecule has 0 fully saturated rings. The number of carboxylic acid groups (broad SMARTS) is 1. The number of hydrogen-bond acceptors (Lipinski definition) is 4. The van der Waals surface area contributed by atoms with Gasteiger partial charge in [0.25, 0.3) is 0 Å². The van der Waals surface area contributed by atoms with Crippen molar-refractivity contribution in [2.45, 2.75) is 17.4 Å². The normalized spacial score (nSPS) is 13.0. The summed E-state index contributed by atoms with van der Waals surface area (Å²) in [5.41, 5.74) is 2.44. The number of fused-ring (bicyclic) bond motifs is 1. The van der Waals surface area contributed by atoms with Gasteiger partial charge in [0.15, 0.2) is 0 Å². The third-order valence-corrected chi connectivity index (χ3v) is 5.12. The van der Waals surface area contributed by atoms with Crippen molar-refractivity contribution in [3.8, 4) is 0 Å². The van der Waals surface area contributed by atoms with Crippen molar-refractivity contribution in [1.29, 1.82) is 0 Å². The topological polar surface area (TPSA) is 125 Å². The summed E-state index contributed by atoms with van der Waals surface area (Å²) in [5.74, 6) is -0.959. The van der Waals surface area contributed by atoms with Crippen LogP contribution in [0.4, 0.5) is 0 Å². The molecule has 1 atom stereocenters. The van der Waals surface area contributed by atoms with Crippen molar-refractivity contribution in [2.24, 2.45) is 5.14 Å². The maximum Gasteiger partial charge on any atom is 0.325 e. The molecule has 0 bridgehead atoms. The molecule has 0 aliphatic heterocycles. The Morgan fingerprint density at radius 1 is 1.15 bits per heavy atom. The fourth-order valence-electron chi connectivity index (χ4n) is 2.87. The summed E-state index contributed by atoms with van der Waals surface area (Å²) in [4.78, 5) is 14.8. The fraction of sp³-hybridized carbons (Fsp3) is 0.167. The van der Waals surface area contributed by atoms with Gasteiger partial charge in [-0.3, -0.25) is 4.79 Å². The molecule has 1 heterocycles. The highest BCUT2D eigenvalue weighted by Crippen LogP contribution is 2.24. The number of benzene rings is 2. The van der Waals surface area contributed by atoms with Crippen LogP contribution in [0.1, 0.15) is 17.2 Å². The van der Waals surface area contributed by atoms with Crippen molar-refractivity contribution in [3.05, 3.63) is 65.9 Å². The standard InChI is InChI=1S/C18H19N3O4S/c19-26(24,25)13-7-5-12(6-8-13)9-10-20-17(18(22)23)15-11-21-16-4-2-1-3-14(15)16/h1-8,11,17,20-21H,9-10H2,(H,22,23)(H2,19,24,25). The number of rotatable bonds is 7. The van der Waals surface area contributed by atoms with Gasteiger partial charge in [-0.05, 0) is 30.2 Å². The molecule has 0 saturated heterocycles. The number of H-pyrrole nitrogens is 1. The summed E-state index contributed by atoms with van der Waals surface area (Å²) in [6, 6.07) is 12.9. The number of aromatic nitrogens is 1. The van der Waals surface area contributed by atoms with Crippen LogP contribution in [-0.4, -0.2) is 31.0 Å². The lowest BCUT2D eigenvalue weighted by Crippen LogP contribution is -2.30. The predicted octanol–water partition coefficient (Wildman–Crippen LogP) is 1.77. The zero-order valence-corrected chi connectivity index (χ0v) is 14.7. The Balaban J connectivity index is 1.69. The summed E-state index contributed by atoms with van der Waals surface area (Å²) in [6.45, 7) is 0.422. The minimum Gasteiger partial charge on any atom is -0.480 e. The molecule has 0 spiro atoms. The van der Waals surface area contributed by atoms with Gasteiger partial charge in [0.1, 0.15) is 6.04 Å². The molecule has 1 unspecified atom stereocenters. The second-order valence-electron chi connectivity index (χ2n) is 5.95. The van der Waals surface area contributed by atoms with E-state index < -0.39 is 22.0 Å². The number of hydrogen-bond donors (Lipinski definition) is 4. The summed E-state index contributed by atoms with van der Waals surface area (Å²) >= 11 is 0. The molecule has 5 N–H and O–H groups in total. The summed E-state index contributed by atoms with van der Waals surface area (Å²) in [5, 5.41) is 18.6. The number of nitrogens with two attached hydrogens (primary N) is 1. The van der Waals surface area contributed by atoms with Gasteiger partial charge >= 0.3 is 5.97 Å². The van der Waals surface area contributed by atoms with Crippen molar-refractivity contribution < 1.29 is 18.3 Å². The Morgan fingerprint density at radius 2 is 1.85 bits per heavy atom. The average molecular weight is 373 g/mol. The van der Waals surface area contributed by atoms with Crippen LogP contribution in [-0.2, 0) is 21.2 Å². The molecule has 0 saturated carbocycles. The zero-order chi connectivity index (χ0) is 18.7. The molecule has 2 aromatic carbocycles. The van der Waals surface area contributed by atoms with E-state index in [0.29, 0.717) is 18.5 Å². The molecule has 3 aromatic rings. The van der Waals surface area contributed by atoms with E-state index in [4.69, 9.17) is 5.14 Å². The van der Waals surface area contributed by atoms with Gasteiger partial charge in [0, 0.05) is 29.2 Å². The lowest BCUT2D eigenvalue weighted by atomic mass is 10.1. The first-order valence-electron chi connectivity index (χ1n) is 8.00. The van der Waals surface area contributed by atoms with E-state index in [-0.39, 0.29) is 4.90 Å². The molecule has 136 valence electrons. The number of aliphatic carboxylic acids is 1. The molecule has 0 aliphatic carbocycles. The van der Waals surface area contributed by atoms with Crippen molar-refractivity contribution >= 4 is 26.9 Å². The minimum atomic E-state index is -3.71. The first-order valence-corrected chi connectivity index (χ1v) is 9.55. The van der Waals surface area contributed by atoms with E-state index in [1.165, 1.54) is 12.1 Å². The van der Waals surface area contributed by atoms with E-state index in [9.17, 15) is 18.3 Å². The second kappa shape index (κ2) is 7.28. The lowest BCUT2D eigenvalue weighted by molar-refractivity contribution is -0.139. The quantitative estimate of drug-likeness (QED) is 0.502. The van der Waals surface area contributed by atoms with Gasteiger partial charge < -0.3 is 15.4 Å². The van der Waals surface area contributed by atoms with Crippen LogP contribution in [0, 0.1) is 0 Å². The number of carboxylic acids is 1. The van der Waals surface area contributed by atoms with E-state index in [2.05, 4.69) is 10.3 Å². The van der Waals surface area contributed by atoms with Crippen LogP contribution < -0.4 is 10.5 Å². The molecule has 3 rings (SSSR count).